The summed E-state index contributed by atoms with van der Waals surface area (Å²) in [5.41, 5.74) is 3.36. The van der Waals surface area contributed by atoms with Crippen LogP contribution in [-0.4, -0.2) is 69.0 Å². The van der Waals surface area contributed by atoms with Crippen molar-refractivity contribution in [1.82, 2.24) is 4.90 Å². The lowest BCUT2D eigenvalue weighted by Gasteiger charge is -2.37. The van der Waals surface area contributed by atoms with Gasteiger partial charge in [-0.15, -0.1) is 11.8 Å². The van der Waals surface area contributed by atoms with Crippen LogP contribution in [0.25, 0.3) is 0 Å². The molecule has 236 valence electrons. The van der Waals surface area contributed by atoms with Crippen LogP contribution in [0, 0.1) is 11.8 Å². The van der Waals surface area contributed by atoms with E-state index >= 15 is 0 Å². The lowest BCUT2D eigenvalue weighted by Crippen LogP contribution is -2.55. The van der Waals surface area contributed by atoms with Crippen molar-refractivity contribution >= 4 is 46.5 Å². The predicted molar refractivity (Wildman–Crippen MR) is 180 cm³/mol. The van der Waals surface area contributed by atoms with Crippen LogP contribution in [0.3, 0.4) is 0 Å². The molecule has 3 aliphatic rings. The number of hydrogen-bond acceptors (Lipinski definition) is 6. The number of anilines is 3. The Bertz CT molecular complexity index is 1530. The van der Waals surface area contributed by atoms with Gasteiger partial charge in [-0.05, 0) is 82.0 Å². The molecule has 3 saturated heterocycles. The average molecular weight is 627 g/mol. The first-order valence-electron chi connectivity index (χ1n) is 15.9. The highest BCUT2D eigenvalue weighted by atomic mass is 32.2. The summed E-state index contributed by atoms with van der Waals surface area (Å²) in [6, 6.07) is 25.3. The van der Waals surface area contributed by atoms with Crippen LogP contribution in [0.5, 0.6) is 0 Å². The van der Waals surface area contributed by atoms with Crippen molar-refractivity contribution in [3.05, 3.63) is 90.5 Å². The molecule has 45 heavy (non-hydrogen) atoms. The van der Waals surface area contributed by atoms with Gasteiger partial charge in [0.2, 0.25) is 17.7 Å². The van der Waals surface area contributed by atoms with Crippen LogP contribution in [0.4, 0.5) is 17.1 Å². The highest BCUT2D eigenvalue weighted by Gasteiger charge is 2.77. The molecule has 0 saturated carbocycles. The molecule has 9 heteroatoms. The van der Waals surface area contributed by atoms with Crippen LogP contribution in [0.15, 0.2) is 84.9 Å². The standard InChI is InChI=1S/C36H42N4O4S/c1-4-39(5-2)27-18-16-26(17-19-27)38-33(43)31-36-21-20-35(3,45-36)29(32(42)37-25-14-10-7-11-15-25)30(36)34(44)40(31)28(23-41)22-24-12-8-6-9-13-24/h6-19,28-31,41H,4-5,20-23H2,1-3H3,(H,37,42)(H,38,43)/t28-,29-,30+,31?,35+,36?/m1/s1. The van der Waals surface area contributed by atoms with Gasteiger partial charge >= 0.3 is 0 Å². The number of benzene rings is 3. The first-order valence-corrected chi connectivity index (χ1v) is 16.7. The largest absolute Gasteiger partial charge is 0.394 e. The third-order valence-corrected chi connectivity index (χ3v) is 12.0. The van der Waals surface area contributed by atoms with Gasteiger partial charge in [0.15, 0.2) is 0 Å². The lowest BCUT2D eigenvalue weighted by atomic mass is 9.66. The first-order chi connectivity index (χ1) is 21.7. The molecule has 6 atom stereocenters. The number of carbonyl (C=O) groups is 3. The van der Waals surface area contributed by atoms with Crippen molar-refractivity contribution in [1.29, 1.82) is 0 Å². The number of aliphatic hydroxyl groups excluding tert-OH is 1. The molecule has 3 amide bonds. The van der Waals surface area contributed by atoms with Gasteiger partial charge in [0.05, 0.1) is 29.2 Å². The van der Waals surface area contributed by atoms with E-state index in [0.717, 1.165) is 24.3 Å². The summed E-state index contributed by atoms with van der Waals surface area (Å²) in [5, 5.41) is 16.9. The average Bonchev–Trinajstić information content (AvgIpc) is 3.62. The molecule has 0 aliphatic carbocycles. The van der Waals surface area contributed by atoms with E-state index in [1.165, 1.54) is 0 Å². The number of rotatable bonds is 11. The number of nitrogens with zero attached hydrogens (tertiary/aromatic N) is 2. The van der Waals surface area contributed by atoms with Crippen molar-refractivity contribution in [2.45, 2.75) is 61.6 Å². The number of likely N-dealkylation sites (tertiary alicyclic amines) is 1. The van der Waals surface area contributed by atoms with E-state index < -0.39 is 33.4 Å². The molecule has 3 heterocycles. The third-order valence-electron chi connectivity index (χ3n) is 9.97. The Morgan fingerprint density at radius 2 is 1.51 bits per heavy atom. The molecule has 3 fully saturated rings. The summed E-state index contributed by atoms with van der Waals surface area (Å²) >= 11 is 1.63. The maximum atomic E-state index is 14.7. The maximum Gasteiger partial charge on any atom is 0.248 e. The fourth-order valence-corrected chi connectivity index (χ4v) is 10.2. The predicted octanol–water partition coefficient (Wildman–Crippen LogP) is 5.19. The maximum absolute atomic E-state index is 14.7. The van der Waals surface area contributed by atoms with Gasteiger partial charge in [-0.3, -0.25) is 14.4 Å². The van der Waals surface area contributed by atoms with E-state index in [0.29, 0.717) is 30.6 Å². The van der Waals surface area contributed by atoms with Crippen molar-refractivity contribution in [3.63, 3.8) is 0 Å². The van der Waals surface area contributed by atoms with Gasteiger partial charge in [0.25, 0.3) is 0 Å². The van der Waals surface area contributed by atoms with E-state index in [-0.39, 0.29) is 24.3 Å². The Morgan fingerprint density at radius 3 is 2.13 bits per heavy atom. The van der Waals surface area contributed by atoms with Gasteiger partial charge < -0.3 is 25.5 Å². The van der Waals surface area contributed by atoms with Gasteiger partial charge in [0, 0.05) is 34.9 Å². The molecule has 1 spiro atoms. The Morgan fingerprint density at radius 1 is 0.911 bits per heavy atom. The number of hydrogen-bond donors (Lipinski definition) is 3. The van der Waals surface area contributed by atoms with Gasteiger partial charge in [-0.25, -0.2) is 0 Å². The molecule has 3 aromatic carbocycles. The van der Waals surface area contributed by atoms with Crippen LogP contribution in [0.2, 0.25) is 0 Å². The normalized spacial score (nSPS) is 27.2. The van der Waals surface area contributed by atoms with E-state index in [9.17, 15) is 19.5 Å². The number of carbonyl (C=O) groups excluding carboxylic acids is 3. The molecular formula is C36H42N4O4S. The Labute approximate surface area is 269 Å². The second-order valence-corrected chi connectivity index (χ2v) is 14.5. The topological polar surface area (TPSA) is 102 Å². The molecule has 6 rings (SSSR count). The molecule has 0 aromatic heterocycles. The Kier molecular flexibility index (Phi) is 8.68. The van der Waals surface area contributed by atoms with Gasteiger partial charge in [-0.1, -0.05) is 48.5 Å². The van der Waals surface area contributed by atoms with Gasteiger partial charge in [0.1, 0.15) is 6.04 Å². The zero-order valence-electron chi connectivity index (χ0n) is 26.1. The monoisotopic (exact) mass is 626 g/mol. The fourth-order valence-electron chi connectivity index (χ4n) is 7.89. The van der Waals surface area contributed by atoms with Crippen molar-refractivity contribution in [2.75, 3.05) is 35.2 Å². The summed E-state index contributed by atoms with van der Waals surface area (Å²) in [7, 11) is 0. The molecule has 3 N–H and O–H groups in total. The number of para-hydroxylation sites is 1. The Hall–Kier alpha value is -3.82. The minimum Gasteiger partial charge on any atom is -0.394 e. The molecule has 2 unspecified atom stereocenters. The van der Waals surface area contributed by atoms with E-state index in [2.05, 4.69) is 36.3 Å². The van der Waals surface area contributed by atoms with Crippen LogP contribution in [-0.2, 0) is 20.8 Å². The van der Waals surface area contributed by atoms with Crippen LogP contribution < -0.4 is 15.5 Å². The lowest BCUT2D eigenvalue weighted by molar-refractivity contribution is -0.141. The van der Waals surface area contributed by atoms with Crippen LogP contribution >= 0.6 is 11.8 Å². The SMILES string of the molecule is CCN(CC)c1ccc(NC(=O)C2N([C@@H](CO)Cc3ccccc3)C(=O)[C@@H]3[C@H](C(=O)Nc4ccccc4)[C@]4(C)CCC23S4)cc1. The van der Waals surface area contributed by atoms with Gasteiger partial charge in [-0.2, -0.15) is 0 Å². The zero-order chi connectivity index (χ0) is 31.8. The quantitative estimate of drug-likeness (QED) is 0.271. The minimum atomic E-state index is -0.848. The second-order valence-electron chi connectivity index (χ2n) is 12.6. The number of fused-ring (bicyclic) bond motifs is 1. The van der Waals surface area contributed by atoms with E-state index in [1.54, 1.807) is 16.7 Å². The van der Waals surface area contributed by atoms with Crippen molar-refractivity contribution in [2.24, 2.45) is 11.8 Å². The summed E-state index contributed by atoms with van der Waals surface area (Å²) in [6.45, 7) is 7.74. The third kappa shape index (κ3) is 5.50. The highest BCUT2D eigenvalue weighted by Crippen LogP contribution is 2.71. The summed E-state index contributed by atoms with van der Waals surface area (Å²) in [6.07, 6.45) is 1.75. The van der Waals surface area contributed by atoms with Crippen molar-refractivity contribution < 1.29 is 19.5 Å². The number of nitrogens with one attached hydrogen (secondary N) is 2. The molecule has 0 radical (unpaired) electrons. The zero-order valence-corrected chi connectivity index (χ0v) is 26.9. The molecular weight excluding hydrogens is 584 g/mol. The fraction of sp³-hybridized carbons (Fsp3) is 0.417. The summed E-state index contributed by atoms with van der Waals surface area (Å²) in [5.74, 6) is -2.02. The molecule has 8 nitrogen and oxygen atoms in total. The van der Waals surface area contributed by atoms with Crippen LogP contribution in [0.1, 0.15) is 39.2 Å². The number of aliphatic hydroxyl groups is 1. The smallest absolute Gasteiger partial charge is 0.248 e. The summed E-state index contributed by atoms with van der Waals surface area (Å²) < 4.78 is -1.29. The first kappa shape index (κ1) is 31.2. The highest BCUT2D eigenvalue weighted by molar-refractivity contribution is 8.02. The molecule has 3 aromatic rings. The Balaban J connectivity index is 1.36. The van der Waals surface area contributed by atoms with E-state index in [1.807, 2.05) is 84.9 Å². The van der Waals surface area contributed by atoms with Crippen molar-refractivity contribution in [3.8, 4) is 0 Å². The van der Waals surface area contributed by atoms with E-state index in [4.69, 9.17) is 0 Å². The summed E-state index contributed by atoms with van der Waals surface area (Å²) in [4.78, 5) is 47.0. The molecule has 3 aliphatic heterocycles. The molecule has 2 bridgehead atoms. The second kappa shape index (κ2) is 12.5. The number of amides is 3. The minimum absolute atomic E-state index is 0.201. The number of thioether (sulfide) groups is 1.